The van der Waals surface area contributed by atoms with Crippen molar-refractivity contribution in [1.29, 1.82) is 0 Å². The molecule has 194 valence electrons. The summed E-state index contributed by atoms with van der Waals surface area (Å²) in [5.74, 6) is -1.91. The molecule has 0 saturated carbocycles. The topological polar surface area (TPSA) is 66.8 Å². The maximum atomic E-state index is 14.1. The molecule has 37 heavy (non-hydrogen) atoms. The summed E-state index contributed by atoms with van der Waals surface area (Å²) >= 11 is 12.3. The van der Waals surface area contributed by atoms with Crippen LogP contribution in [0.25, 0.3) is 0 Å². The third-order valence-corrected chi connectivity index (χ3v) is 7.34. The van der Waals surface area contributed by atoms with Gasteiger partial charge in [-0.05, 0) is 66.4 Å². The average Bonchev–Trinajstić information content (AvgIpc) is 2.87. The number of rotatable bonds is 8. The van der Waals surface area contributed by atoms with Crippen LogP contribution < -0.4 is 0 Å². The smallest absolute Gasteiger partial charge is 0.326 e. The molecular weight excluding hydrogens is 516 g/mol. The van der Waals surface area contributed by atoms with Crippen LogP contribution in [0.5, 0.6) is 0 Å². The Bertz CT molecular complexity index is 1250. The molecule has 1 saturated heterocycles. The van der Waals surface area contributed by atoms with Crippen LogP contribution in [0.3, 0.4) is 0 Å². The highest BCUT2D eigenvalue weighted by Gasteiger charge is 2.54. The monoisotopic (exact) mass is 543 g/mol. The van der Waals surface area contributed by atoms with Gasteiger partial charge in [0.2, 0.25) is 0 Å². The van der Waals surface area contributed by atoms with Crippen molar-refractivity contribution in [3.05, 3.63) is 105 Å². The Balaban J connectivity index is 1.90. The van der Waals surface area contributed by atoms with Crippen LogP contribution in [-0.2, 0) is 26.3 Å². The highest BCUT2D eigenvalue weighted by molar-refractivity contribution is 6.30. The number of carboxylic acid groups (broad SMARTS) is 1. The molecule has 1 heterocycles. The van der Waals surface area contributed by atoms with E-state index in [0.29, 0.717) is 27.6 Å². The molecular formula is C29H28Cl2FNO4. The van der Waals surface area contributed by atoms with Gasteiger partial charge in [-0.15, -0.1) is 0 Å². The van der Waals surface area contributed by atoms with Crippen LogP contribution in [-0.4, -0.2) is 34.0 Å². The molecule has 0 aromatic heterocycles. The summed E-state index contributed by atoms with van der Waals surface area (Å²) in [6, 6.07) is 18.1. The van der Waals surface area contributed by atoms with E-state index in [1.54, 1.807) is 48.5 Å². The number of carbonyl (C=O) groups excluding carboxylic acids is 1. The van der Waals surface area contributed by atoms with Crippen LogP contribution in [0, 0.1) is 5.82 Å². The van der Waals surface area contributed by atoms with E-state index in [-0.39, 0.29) is 18.7 Å². The summed E-state index contributed by atoms with van der Waals surface area (Å²) in [6.07, 6.45) is -0.00120. The summed E-state index contributed by atoms with van der Waals surface area (Å²) in [7, 11) is 0. The van der Waals surface area contributed by atoms with Crippen molar-refractivity contribution in [2.75, 3.05) is 0 Å². The second-order valence-corrected chi connectivity index (χ2v) is 10.3. The number of nitrogens with zero attached hydrogens (tertiary/aromatic N) is 1. The van der Waals surface area contributed by atoms with Gasteiger partial charge >= 0.3 is 5.97 Å². The lowest BCUT2D eigenvalue weighted by molar-refractivity contribution is -0.209. The van der Waals surface area contributed by atoms with Gasteiger partial charge in [-0.1, -0.05) is 72.9 Å². The minimum atomic E-state index is -1.14. The molecule has 1 N–H and O–H groups in total. The van der Waals surface area contributed by atoms with Crippen LogP contribution >= 0.6 is 23.2 Å². The van der Waals surface area contributed by atoms with Crippen molar-refractivity contribution in [2.24, 2.45) is 0 Å². The summed E-state index contributed by atoms with van der Waals surface area (Å²) in [5.41, 5.74) is 0.987. The number of morpholine rings is 1. The van der Waals surface area contributed by atoms with Crippen molar-refractivity contribution in [1.82, 2.24) is 4.90 Å². The number of carboxylic acids is 1. The number of halogens is 3. The first-order chi connectivity index (χ1) is 17.6. The molecule has 4 rings (SSSR count). The standard InChI is InChI=1S/C29H28Cl2FNO4/c1-3-4-24(28(35)36)33-26(19-7-11-21(30)12-8-19)29(2,20-9-13-22(31)14-10-20)37-25(27(33)34)17-18-5-15-23(32)16-6-18/h5-16,24-26H,3-4,17H2,1-2H3,(H,35,36)/t24-,25+,26-,29+/m0/s1. The number of benzene rings is 3. The third-order valence-electron chi connectivity index (χ3n) is 6.84. The Kier molecular flexibility index (Phi) is 8.22. The average molecular weight is 544 g/mol. The Morgan fingerprint density at radius 3 is 2.14 bits per heavy atom. The molecule has 5 nitrogen and oxygen atoms in total. The summed E-state index contributed by atoms with van der Waals surface area (Å²) < 4.78 is 20.2. The van der Waals surface area contributed by atoms with E-state index in [0.717, 1.165) is 5.56 Å². The van der Waals surface area contributed by atoms with Crippen molar-refractivity contribution in [3.8, 4) is 0 Å². The molecule has 4 atom stereocenters. The second kappa shape index (κ2) is 11.2. The van der Waals surface area contributed by atoms with Crippen LogP contribution in [0.4, 0.5) is 4.39 Å². The Hall–Kier alpha value is -2.93. The molecule has 1 aliphatic rings. The van der Waals surface area contributed by atoms with Crippen molar-refractivity contribution in [2.45, 2.75) is 56.9 Å². The first-order valence-corrected chi connectivity index (χ1v) is 12.9. The van der Waals surface area contributed by atoms with Gasteiger partial charge in [0, 0.05) is 16.5 Å². The molecule has 3 aromatic rings. The van der Waals surface area contributed by atoms with Gasteiger partial charge in [0.25, 0.3) is 5.91 Å². The van der Waals surface area contributed by atoms with Gasteiger partial charge in [-0.25, -0.2) is 9.18 Å². The quantitative estimate of drug-likeness (QED) is 0.338. The number of ether oxygens (including phenoxy) is 1. The minimum Gasteiger partial charge on any atom is -0.480 e. The van der Waals surface area contributed by atoms with Gasteiger partial charge in [-0.3, -0.25) is 4.79 Å². The lowest BCUT2D eigenvalue weighted by atomic mass is 9.79. The van der Waals surface area contributed by atoms with E-state index in [1.165, 1.54) is 17.0 Å². The molecule has 1 aliphatic heterocycles. The highest BCUT2D eigenvalue weighted by atomic mass is 35.5. The maximum absolute atomic E-state index is 14.1. The van der Waals surface area contributed by atoms with Gasteiger partial charge < -0.3 is 14.7 Å². The number of carbonyl (C=O) groups is 2. The summed E-state index contributed by atoms with van der Waals surface area (Å²) in [4.78, 5) is 28.1. The zero-order chi connectivity index (χ0) is 26.7. The predicted molar refractivity (Wildman–Crippen MR) is 141 cm³/mol. The zero-order valence-electron chi connectivity index (χ0n) is 20.5. The van der Waals surface area contributed by atoms with E-state index in [9.17, 15) is 19.1 Å². The van der Waals surface area contributed by atoms with Crippen molar-refractivity contribution < 1.29 is 23.8 Å². The molecule has 8 heteroatoms. The number of hydrogen-bond acceptors (Lipinski definition) is 3. The Morgan fingerprint density at radius 2 is 1.59 bits per heavy atom. The lowest BCUT2D eigenvalue weighted by Gasteiger charge is -2.52. The summed E-state index contributed by atoms with van der Waals surface area (Å²) in [6.45, 7) is 3.74. The largest absolute Gasteiger partial charge is 0.480 e. The number of amides is 1. The molecule has 0 bridgehead atoms. The van der Waals surface area contributed by atoms with Gasteiger partial charge in [0.15, 0.2) is 0 Å². The fourth-order valence-corrected chi connectivity index (χ4v) is 5.30. The maximum Gasteiger partial charge on any atom is 0.326 e. The fraction of sp³-hybridized carbons (Fsp3) is 0.310. The SMILES string of the molecule is CCC[C@@H](C(=O)O)N1C(=O)[C@@H](Cc2ccc(F)cc2)O[C@](C)(c2ccc(Cl)cc2)[C@@H]1c1ccc(Cl)cc1. The Labute approximate surface area is 225 Å². The second-order valence-electron chi connectivity index (χ2n) is 9.39. The van der Waals surface area contributed by atoms with E-state index in [1.807, 2.05) is 26.0 Å². The summed E-state index contributed by atoms with van der Waals surface area (Å²) in [5, 5.41) is 11.3. The van der Waals surface area contributed by atoms with E-state index < -0.39 is 35.7 Å². The normalized spacial score (nSPS) is 22.6. The minimum absolute atomic E-state index is 0.157. The first kappa shape index (κ1) is 27.1. The zero-order valence-corrected chi connectivity index (χ0v) is 22.0. The van der Waals surface area contributed by atoms with E-state index >= 15 is 0 Å². The van der Waals surface area contributed by atoms with Crippen LogP contribution in [0.1, 0.15) is 49.4 Å². The first-order valence-electron chi connectivity index (χ1n) is 12.1. The van der Waals surface area contributed by atoms with E-state index in [2.05, 4.69) is 0 Å². The van der Waals surface area contributed by atoms with Crippen LogP contribution in [0.2, 0.25) is 10.0 Å². The lowest BCUT2D eigenvalue weighted by Crippen LogP contribution is -2.62. The highest BCUT2D eigenvalue weighted by Crippen LogP contribution is 2.48. The van der Waals surface area contributed by atoms with E-state index in [4.69, 9.17) is 27.9 Å². The molecule has 1 amide bonds. The van der Waals surface area contributed by atoms with Gasteiger partial charge in [-0.2, -0.15) is 0 Å². The third kappa shape index (κ3) is 5.66. The molecule has 0 unspecified atom stereocenters. The van der Waals surface area contributed by atoms with Gasteiger partial charge in [0.1, 0.15) is 23.6 Å². The van der Waals surface area contributed by atoms with Gasteiger partial charge in [0.05, 0.1) is 6.04 Å². The molecule has 1 fully saturated rings. The van der Waals surface area contributed by atoms with Crippen molar-refractivity contribution >= 4 is 35.1 Å². The van der Waals surface area contributed by atoms with Crippen molar-refractivity contribution in [3.63, 3.8) is 0 Å². The molecule has 0 aliphatic carbocycles. The Morgan fingerprint density at radius 1 is 1.03 bits per heavy atom. The number of hydrogen-bond donors (Lipinski definition) is 1. The number of aliphatic carboxylic acids is 1. The molecule has 0 radical (unpaired) electrons. The van der Waals surface area contributed by atoms with Crippen LogP contribution in [0.15, 0.2) is 72.8 Å². The molecule has 3 aromatic carbocycles. The fourth-order valence-electron chi connectivity index (χ4n) is 5.05. The predicted octanol–water partition coefficient (Wildman–Crippen LogP) is 6.81. The molecule has 0 spiro atoms.